The zero-order chi connectivity index (χ0) is 12.5. The van der Waals surface area contributed by atoms with Crippen LogP contribution in [0.3, 0.4) is 0 Å². The molecule has 0 bridgehead atoms. The number of rotatable bonds is 4. The molecule has 3 nitrogen and oxygen atoms in total. The number of nitrogens with one attached hydrogen (secondary N) is 1. The molecular weight excluding hydrogens is 212 g/mol. The van der Waals surface area contributed by atoms with Crippen LogP contribution in [-0.2, 0) is 6.42 Å². The van der Waals surface area contributed by atoms with Crippen LogP contribution in [0, 0.1) is 0 Å². The van der Waals surface area contributed by atoms with Gasteiger partial charge in [-0.15, -0.1) is 0 Å². The third-order valence-corrected chi connectivity index (χ3v) is 4.04. The topological polar surface area (TPSA) is 28.4 Å². The van der Waals surface area contributed by atoms with E-state index in [2.05, 4.69) is 44.2 Å². The lowest BCUT2D eigenvalue weighted by atomic mass is 9.92. The van der Waals surface area contributed by atoms with E-state index >= 15 is 0 Å². The lowest BCUT2D eigenvalue weighted by molar-refractivity contribution is 0.181. The molecular formula is C14H24N2O. The monoisotopic (exact) mass is 236 g/mol. The molecule has 1 unspecified atom stereocenters. The second kappa shape index (κ2) is 4.83. The summed E-state index contributed by atoms with van der Waals surface area (Å²) < 4.78 is 5.52. The maximum absolute atomic E-state index is 5.52. The number of nitrogens with zero attached hydrogens (tertiary/aromatic N) is 1. The number of fused-ring (bicyclic) bond motifs is 1. The van der Waals surface area contributed by atoms with Gasteiger partial charge in [0.2, 0.25) is 0 Å². The van der Waals surface area contributed by atoms with Gasteiger partial charge in [0, 0.05) is 30.1 Å². The molecule has 1 heterocycles. The fraction of sp³-hybridized carbons (Fsp3) is 0.714. The third kappa shape index (κ3) is 2.72. The first-order chi connectivity index (χ1) is 8.00. The summed E-state index contributed by atoms with van der Waals surface area (Å²) in [5.41, 5.74) is 1.55. The summed E-state index contributed by atoms with van der Waals surface area (Å²) in [7, 11) is 4.26. The number of hydrogen-bond acceptors (Lipinski definition) is 3. The van der Waals surface area contributed by atoms with E-state index in [9.17, 15) is 0 Å². The molecule has 0 fully saturated rings. The van der Waals surface area contributed by atoms with Gasteiger partial charge in [0.15, 0.2) is 0 Å². The van der Waals surface area contributed by atoms with Crippen LogP contribution < -0.4 is 5.32 Å². The van der Waals surface area contributed by atoms with Gasteiger partial charge in [-0.3, -0.25) is 0 Å². The van der Waals surface area contributed by atoms with Crippen LogP contribution in [0.15, 0.2) is 16.7 Å². The summed E-state index contributed by atoms with van der Waals surface area (Å²) in [6.45, 7) is 5.52. The maximum Gasteiger partial charge on any atom is 0.108 e. The molecule has 1 aliphatic rings. The third-order valence-electron chi connectivity index (χ3n) is 4.04. The Morgan fingerprint density at radius 3 is 2.94 bits per heavy atom. The molecule has 1 N–H and O–H groups in total. The van der Waals surface area contributed by atoms with E-state index in [4.69, 9.17) is 4.42 Å². The predicted octanol–water partition coefficient (Wildman–Crippen LogP) is 2.59. The highest BCUT2D eigenvalue weighted by Crippen LogP contribution is 2.30. The van der Waals surface area contributed by atoms with Gasteiger partial charge in [0.25, 0.3) is 0 Å². The minimum absolute atomic E-state index is 0.182. The number of furan rings is 1. The highest BCUT2D eigenvalue weighted by molar-refractivity contribution is 5.24. The molecule has 0 aliphatic heterocycles. The summed E-state index contributed by atoms with van der Waals surface area (Å²) >= 11 is 0. The van der Waals surface area contributed by atoms with Gasteiger partial charge < -0.3 is 14.6 Å². The fourth-order valence-electron chi connectivity index (χ4n) is 2.23. The number of hydrogen-bond donors (Lipinski definition) is 1. The van der Waals surface area contributed by atoms with Crippen LogP contribution in [0.4, 0.5) is 0 Å². The molecule has 2 rings (SSSR count). The molecule has 1 atom stereocenters. The predicted molar refractivity (Wildman–Crippen MR) is 70.2 cm³/mol. The molecule has 0 saturated carbocycles. The zero-order valence-corrected chi connectivity index (χ0v) is 11.4. The Labute approximate surface area is 104 Å². The van der Waals surface area contributed by atoms with E-state index in [0.29, 0.717) is 6.04 Å². The molecule has 1 aliphatic carbocycles. The number of likely N-dealkylation sites (N-methyl/N-ethyl adjacent to an activating group) is 1. The smallest absolute Gasteiger partial charge is 0.108 e. The Morgan fingerprint density at radius 1 is 1.47 bits per heavy atom. The SMILES string of the molecule is CN(C)C(C)(C)CNC1CCCc2occc21. The van der Waals surface area contributed by atoms with Gasteiger partial charge in [-0.1, -0.05) is 0 Å². The van der Waals surface area contributed by atoms with Crippen molar-refractivity contribution in [3.05, 3.63) is 23.7 Å². The average Bonchev–Trinajstić information content (AvgIpc) is 2.74. The first-order valence-corrected chi connectivity index (χ1v) is 6.48. The Bertz CT molecular complexity index is 368. The molecule has 0 amide bonds. The van der Waals surface area contributed by atoms with Crippen molar-refractivity contribution < 1.29 is 4.42 Å². The molecule has 3 heteroatoms. The van der Waals surface area contributed by atoms with Gasteiger partial charge in [-0.2, -0.15) is 0 Å². The minimum atomic E-state index is 0.182. The van der Waals surface area contributed by atoms with Crippen molar-refractivity contribution in [2.45, 2.75) is 44.7 Å². The van der Waals surface area contributed by atoms with E-state index in [0.717, 1.165) is 13.0 Å². The first-order valence-electron chi connectivity index (χ1n) is 6.48. The fourth-order valence-corrected chi connectivity index (χ4v) is 2.23. The minimum Gasteiger partial charge on any atom is -0.469 e. The maximum atomic E-state index is 5.52. The van der Waals surface area contributed by atoms with Crippen molar-refractivity contribution in [2.75, 3.05) is 20.6 Å². The van der Waals surface area contributed by atoms with Gasteiger partial charge in [0.05, 0.1) is 6.26 Å². The van der Waals surface area contributed by atoms with E-state index < -0.39 is 0 Å². The molecule has 0 spiro atoms. The first kappa shape index (κ1) is 12.7. The van der Waals surface area contributed by atoms with Crippen LogP contribution in [0.5, 0.6) is 0 Å². The molecule has 1 aromatic rings. The van der Waals surface area contributed by atoms with Crippen LogP contribution in [0.1, 0.15) is 44.1 Å². The van der Waals surface area contributed by atoms with Gasteiger partial charge in [-0.05, 0) is 46.9 Å². The highest BCUT2D eigenvalue weighted by atomic mass is 16.3. The Kier molecular flexibility index (Phi) is 3.59. The standard InChI is InChI=1S/C14H24N2O/c1-14(2,16(3)4)10-15-12-6-5-7-13-11(12)8-9-17-13/h8-9,12,15H,5-7,10H2,1-4H3. The normalized spacial score (nSPS) is 20.6. The van der Waals surface area contributed by atoms with Crippen LogP contribution in [-0.4, -0.2) is 31.1 Å². The van der Waals surface area contributed by atoms with Gasteiger partial charge in [-0.25, -0.2) is 0 Å². The molecule has 0 saturated heterocycles. The van der Waals surface area contributed by atoms with Crippen molar-refractivity contribution in [3.63, 3.8) is 0 Å². The average molecular weight is 236 g/mol. The van der Waals surface area contributed by atoms with Crippen molar-refractivity contribution in [1.82, 2.24) is 10.2 Å². The number of aryl methyl sites for hydroxylation is 1. The summed E-state index contributed by atoms with van der Waals surface area (Å²) in [6, 6.07) is 2.59. The van der Waals surface area contributed by atoms with E-state index in [-0.39, 0.29) is 5.54 Å². The van der Waals surface area contributed by atoms with Gasteiger partial charge in [0.1, 0.15) is 5.76 Å². The van der Waals surface area contributed by atoms with Gasteiger partial charge >= 0.3 is 0 Å². The molecule has 96 valence electrons. The quantitative estimate of drug-likeness (QED) is 0.871. The van der Waals surface area contributed by atoms with Crippen molar-refractivity contribution in [1.29, 1.82) is 0 Å². The van der Waals surface area contributed by atoms with E-state index in [1.165, 1.54) is 24.2 Å². The van der Waals surface area contributed by atoms with Crippen LogP contribution in [0.25, 0.3) is 0 Å². The Morgan fingerprint density at radius 2 is 2.24 bits per heavy atom. The second-order valence-corrected chi connectivity index (χ2v) is 5.83. The lowest BCUT2D eigenvalue weighted by Crippen LogP contribution is -2.47. The second-order valence-electron chi connectivity index (χ2n) is 5.83. The van der Waals surface area contributed by atoms with Crippen molar-refractivity contribution in [2.24, 2.45) is 0 Å². The highest BCUT2D eigenvalue weighted by Gasteiger charge is 2.26. The summed E-state index contributed by atoms with van der Waals surface area (Å²) in [5, 5.41) is 3.68. The summed E-state index contributed by atoms with van der Waals surface area (Å²) in [6.07, 6.45) is 5.36. The summed E-state index contributed by atoms with van der Waals surface area (Å²) in [5.74, 6) is 1.18. The van der Waals surface area contributed by atoms with E-state index in [1.54, 1.807) is 0 Å². The lowest BCUT2D eigenvalue weighted by Gasteiger charge is -2.35. The molecule has 0 radical (unpaired) electrons. The van der Waals surface area contributed by atoms with E-state index in [1.807, 2.05) is 6.26 Å². The Balaban J connectivity index is 1.98. The van der Waals surface area contributed by atoms with Crippen LogP contribution in [0.2, 0.25) is 0 Å². The van der Waals surface area contributed by atoms with Crippen molar-refractivity contribution >= 4 is 0 Å². The van der Waals surface area contributed by atoms with Crippen molar-refractivity contribution in [3.8, 4) is 0 Å². The zero-order valence-electron chi connectivity index (χ0n) is 11.4. The van der Waals surface area contributed by atoms with Crippen LogP contribution >= 0.6 is 0 Å². The molecule has 0 aromatic carbocycles. The molecule has 1 aromatic heterocycles. The molecule has 17 heavy (non-hydrogen) atoms. The summed E-state index contributed by atoms with van der Waals surface area (Å²) in [4.78, 5) is 2.26. The largest absolute Gasteiger partial charge is 0.469 e. The Hall–Kier alpha value is -0.800.